The Morgan fingerprint density at radius 3 is 2.52 bits per heavy atom. The Morgan fingerprint density at radius 1 is 1.14 bits per heavy atom. The van der Waals surface area contributed by atoms with Crippen molar-refractivity contribution in [1.29, 1.82) is 0 Å². The molecule has 2 rings (SSSR count). The number of ether oxygens (including phenoxy) is 1. The third-order valence-corrected chi connectivity index (χ3v) is 3.77. The Labute approximate surface area is 136 Å². The molecular weight excluding hydrogens is 305 g/mol. The predicted octanol–water partition coefficient (Wildman–Crippen LogP) is 5.24. The van der Waals surface area contributed by atoms with Crippen LogP contribution >= 0.6 is 23.2 Å². The summed E-state index contributed by atoms with van der Waals surface area (Å²) in [5, 5.41) is 4.64. The van der Waals surface area contributed by atoms with Gasteiger partial charge in [-0.1, -0.05) is 53.5 Å². The molecule has 0 amide bonds. The standard InChI is InChI=1S/C17H19Cl2NO/c1-3-21-17-14(9-15(18)10-16(17)19)11-20-12(2)13-7-5-4-6-8-13/h4-10,12,20H,3,11H2,1-2H3. The molecule has 0 fully saturated rings. The van der Waals surface area contributed by atoms with Crippen LogP contribution in [0.1, 0.15) is 31.0 Å². The van der Waals surface area contributed by atoms with E-state index in [0.717, 1.165) is 5.56 Å². The minimum Gasteiger partial charge on any atom is -0.492 e. The lowest BCUT2D eigenvalue weighted by molar-refractivity contribution is 0.335. The van der Waals surface area contributed by atoms with Crippen LogP contribution in [0.3, 0.4) is 0 Å². The molecule has 112 valence electrons. The molecule has 1 N–H and O–H groups in total. The minimum atomic E-state index is 0.235. The van der Waals surface area contributed by atoms with Gasteiger partial charge in [0.2, 0.25) is 0 Å². The number of hydrogen-bond donors (Lipinski definition) is 1. The summed E-state index contributed by atoms with van der Waals surface area (Å²) in [5.41, 5.74) is 2.21. The molecule has 0 spiro atoms. The summed E-state index contributed by atoms with van der Waals surface area (Å²) in [6.07, 6.45) is 0. The van der Waals surface area contributed by atoms with Gasteiger partial charge >= 0.3 is 0 Å². The predicted molar refractivity (Wildman–Crippen MR) is 89.3 cm³/mol. The molecule has 2 aromatic rings. The van der Waals surface area contributed by atoms with E-state index >= 15 is 0 Å². The van der Waals surface area contributed by atoms with Crippen molar-refractivity contribution < 1.29 is 4.74 Å². The van der Waals surface area contributed by atoms with E-state index in [1.54, 1.807) is 6.07 Å². The summed E-state index contributed by atoms with van der Waals surface area (Å²) in [6, 6.07) is 14.1. The van der Waals surface area contributed by atoms with Crippen LogP contribution in [0.5, 0.6) is 5.75 Å². The van der Waals surface area contributed by atoms with Gasteiger partial charge in [0.15, 0.2) is 0 Å². The molecule has 1 unspecified atom stereocenters. The van der Waals surface area contributed by atoms with E-state index in [1.165, 1.54) is 5.56 Å². The van der Waals surface area contributed by atoms with E-state index in [0.29, 0.717) is 28.9 Å². The third-order valence-electron chi connectivity index (χ3n) is 3.27. The lowest BCUT2D eigenvalue weighted by atomic mass is 10.1. The van der Waals surface area contributed by atoms with E-state index in [4.69, 9.17) is 27.9 Å². The summed E-state index contributed by atoms with van der Waals surface area (Å²) in [6.45, 7) is 5.28. The first-order valence-electron chi connectivity index (χ1n) is 7.01. The molecule has 4 heteroatoms. The molecule has 0 aliphatic heterocycles. The molecule has 0 saturated carbocycles. The normalized spacial score (nSPS) is 12.2. The van der Waals surface area contributed by atoms with Crippen molar-refractivity contribution in [2.75, 3.05) is 6.61 Å². The van der Waals surface area contributed by atoms with Crippen molar-refractivity contribution in [3.8, 4) is 5.75 Å². The highest BCUT2D eigenvalue weighted by molar-refractivity contribution is 6.35. The van der Waals surface area contributed by atoms with Crippen molar-refractivity contribution in [2.24, 2.45) is 0 Å². The summed E-state index contributed by atoms with van der Waals surface area (Å²) in [4.78, 5) is 0. The van der Waals surface area contributed by atoms with Crippen molar-refractivity contribution in [3.63, 3.8) is 0 Å². The first kappa shape index (κ1) is 16.2. The first-order valence-corrected chi connectivity index (χ1v) is 7.76. The van der Waals surface area contributed by atoms with Crippen LogP contribution in [0.25, 0.3) is 0 Å². The number of halogens is 2. The lowest BCUT2D eigenvalue weighted by Crippen LogP contribution is -2.18. The van der Waals surface area contributed by atoms with Crippen LogP contribution < -0.4 is 10.1 Å². The molecule has 0 heterocycles. The fourth-order valence-corrected chi connectivity index (χ4v) is 2.76. The Kier molecular flexibility index (Phi) is 5.92. The zero-order valence-corrected chi connectivity index (χ0v) is 13.7. The van der Waals surface area contributed by atoms with Crippen molar-refractivity contribution in [2.45, 2.75) is 26.4 Å². The smallest absolute Gasteiger partial charge is 0.142 e. The van der Waals surface area contributed by atoms with Gasteiger partial charge in [0.25, 0.3) is 0 Å². The Morgan fingerprint density at radius 2 is 1.86 bits per heavy atom. The van der Waals surface area contributed by atoms with Crippen LogP contribution in [0.4, 0.5) is 0 Å². The number of rotatable bonds is 6. The Bertz CT molecular complexity index is 587. The maximum absolute atomic E-state index is 6.21. The maximum Gasteiger partial charge on any atom is 0.142 e. The monoisotopic (exact) mass is 323 g/mol. The Balaban J connectivity index is 2.12. The summed E-state index contributed by atoms with van der Waals surface area (Å²) < 4.78 is 5.63. The highest BCUT2D eigenvalue weighted by Crippen LogP contribution is 2.32. The highest BCUT2D eigenvalue weighted by atomic mass is 35.5. The number of nitrogens with one attached hydrogen (secondary N) is 1. The van der Waals surface area contributed by atoms with Gasteiger partial charge in [-0.3, -0.25) is 0 Å². The van der Waals surface area contributed by atoms with E-state index in [-0.39, 0.29) is 6.04 Å². The van der Waals surface area contributed by atoms with Crippen LogP contribution in [-0.4, -0.2) is 6.61 Å². The summed E-state index contributed by atoms with van der Waals surface area (Å²) in [7, 11) is 0. The fourth-order valence-electron chi connectivity index (χ4n) is 2.17. The molecule has 0 bridgehead atoms. The molecular formula is C17H19Cl2NO. The van der Waals surface area contributed by atoms with Gasteiger partial charge in [0, 0.05) is 23.2 Å². The Hall–Kier alpha value is -1.22. The van der Waals surface area contributed by atoms with E-state index in [1.807, 2.05) is 31.2 Å². The van der Waals surface area contributed by atoms with Crippen LogP contribution in [0.15, 0.2) is 42.5 Å². The van der Waals surface area contributed by atoms with Crippen LogP contribution in [0.2, 0.25) is 10.0 Å². The molecule has 0 aromatic heterocycles. The average Bonchev–Trinajstić information content (AvgIpc) is 2.48. The van der Waals surface area contributed by atoms with E-state index in [9.17, 15) is 0 Å². The van der Waals surface area contributed by atoms with Crippen LogP contribution in [0, 0.1) is 0 Å². The van der Waals surface area contributed by atoms with Gasteiger partial charge in [-0.25, -0.2) is 0 Å². The van der Waals surface area contributed by atoms with Gasteiger partial charge in [0.05, 0.1) is 11.6 Å². The molecule has 2 nitrogen and oxygen atoms in total. The second-order valence-corrected chi connectivity index (χ2v) is 5.67. The van der Waals surface area contributed by atoms with Gasteiger partial charge in [-0.2, -0.15) is 0 Å². The fraction of sp³-hybridized carbons (Fsp3) is 0.294. The zero-order chi connectivity index (χ0) is 15.2. The van der Waals surface area contributed by atoms with Crippen molar-refractivity contribution in [1.82, 2.24) is 5.32 Å². The molecule has 0 aliphatic carbocycles. The molecule has 21 heavy (non-hydrogen) atoms. The molecule has 2 aromatic carbocycles. The second kappa shape index (κ2) is 7.69. The SMILES string of the molecule is CCOc1c(Cl)cc(Cl)cc1CNC(C)c1ccccc1. The molecule has 0 saturated heterocycles. The van der Waals surface area contributed by atoms with Gasteiger partial charge in [-0.15, -0.1) is 0 Å². The first-order chi connectivity index (χ1) is 10.1. The van der Waals surface area contributed by atoms with Gasteiger partial charge in [0.1, 0.15) is 5.75 Å². The topological polar surface area (TPSA) is 21.3 Å². The van der Waals surface area contributed by atoms with Gasteiger partial charge in [-0.05, 0) is 31.5 Å². The summed E-state index contributed by atoms with van der Waals surface area (Å²) in [5.74, 6) is 0.705. The lowest BCUT2D eigenvalue weighted by Gasteiger charge is -2.17. The van der Waals surface area contributed by atoms with Crippen molar-refractivity contribution in [3.05, 3.63) is 63.6 Å². The van der Waals surface area contributed by atoms with E-state index in [2.05, 4.69) is 24.4 Å². The molecule has 0 radical (unpaired) electrons. The summed E-state index contributed by atoms with van der Waals surface area (Å²) >= 11 is 12.3. The second-order valence-electron chi connectivity index (χ2n) is 4.82. The molecule has 0 aliphatic rings. The third kappa shape index (κ3) is 4.37. The average molecular weight is 324 g/mol. The number of hydrogen-bond acceptors (Lipinski definition) is 2. The van der Waals surface area contributed by atoms with Crippen molar-refractivity contribution >= 4 is 23.2 Å². The highest BCUT2D eigenvalue weighted by Gasteiger charge is 2.12. The molecule has 1 atom stereocenters. The van der Waals surface area contributed by atoms with E-state index < -0.39 is 0 Å². The maximum atomic E-state index is 6.21. The number of benzene rings is 2. The quantitative estimate of drug-likeness (QED) is 0.784. The zero-order valence-electron chi connectivity index (χ0n) is 12.2. The van der Waals surface area contributed by atoms with Crippen LogP contribution in [-0.2, 0) is 6.54 Å². The largest absolute Gasteiger partial charge is 0.492 e. The minimum absolute atomic E-state index is 0.235. The van der Waals surface area contributed by atoms with Gasteiger partial charge < -0.3 is 10.1 Å².